The van der Waals surface area contributed by atoms with Crippen LogP contribution in [0.4, 0.5) is 39.8 Å². The maximum absolute atomic E-state index is 2.99. The molecule has 388 valence electrons. The zero-order valence-corrected chi connectivity index (χ0v) is 48.4. The molecule has 7 aromatic rings. The molecule has 3 nitrogen and oxygen atoms in total. The van der Waals surface area contributed by atoms with Crippen LogP contribution in [0.5, 0.6) is 0 Å². The van der Waals surface area contributed by atoms with Crippen LogP contribution in [0.1, 0.15) is 193 Å². The van der Waals surface area contributed by atoms with Crippen LogP contribution in [0.25, 0.3) is 0 Å². The molecule has 0 bridgehead atoms. The summed E-state index contributed by atoms with van der Waals surface area (Å²) in [5, 5.41) is 0. The summed E-state index contributed by atoms with van der Waals surface area (Å²) in [6, 6.07) is 59.1. The summed E-state index contributed by atoms with van der Waals surface area (Å²) in [5.41, 5.74) is 24.2. The quantitative estimate of drug-likeness (QED) is 0.163. The molecule has 13 rings (SSSR count). The van der Waals surface area contributed by atoms with Gasteiger partial charge in [0.2, 0.25) is 0 Å². The second-order valence-corrected chi connectivity index (χ2v) is 28.9. The van der Waals surface area contributed by atoms with Crippen LogP contribution in [0.15, 0.2) is 146 Å². The van der Waals surface area contributed by atoms with Gasteiger partial charge in [0.1, 0.15) is 0 Å². The predicted octanol–water partition coefficient (Wildman–Crippen LogP) is 17.0. The predicted molar refractivity (Wildman–Crippen MR) is 326 cm³/mol. The molecule has 0 aromatic heterocycles. The first kappa shape index (κ1) is 49.6. The molecule has 4 aliphatic heterocycles. The van der Waals surface area contributed by atoms with Crippen molar-refractivity contribution in [2.24, 2.45) is 0 Å². The Bertz CT molecular complexity index is 3490. The molecule has 0 radical (unpaired) electrons. The molecule has 2 fully saturated rings. The molecule has 7 aromatic carbocycles. The topological polar surface area (TPSA) is 9.72 Å². The molecule has 0 saturated heterocycles. The summed E-state index contributed by atoms with van der Waals surface area (Å²) in [7, 11) is 0. The number of hydrogen-bond acceptors (Lipinski definition) is 3. The van der Waals surface area contributed by atoms with Gasteiger partial charge in [0.25, 0.3) is 6.71 Å². The van der Waals surface area contributed by atoms with Gasteiger partial charge in [-0.15, -0.1) is 0 Å². The van der Waals surface area contributed by atoms with Crippen LogP contribution in [0.2, 0.25) is 0 Å². The van der Waals surface area contributed by atoms with Crippen LogP contribution in [-0.4, -0.2) is 17.8 Å². The van der Waals surface area contributed by atoms with Crippen LogP contribution < -0.4 is 31.1 Å². The van der Waals surface area contributed by atoms with E-state index in [1.165, 1.54) is 126 Å². The summed E-state index contributed by atoms with van der Waals surface area (Å²) >= 11 is 0. The lowest BCUT2D eigenvalue weighted by atomic mass is 9.33. The van der Waals surface area contributed by atoms with Crippen molar-refractivity contribution < 1.29 is 0 Å². The van der Waals surface area contributed by atoms with E-state index in [4.69, 9.17) is 0 Å². The standard InChI is InChI=1S/C72H82BN3/c1-65(2,3)49-30-25-31-53(40-49)74-60-44-51(67(7,8)9)32-34-57(60)73-58-43-52(68(10,11)12)42-56-64(58)76(70(14)37-22-24-39-72(56,70)48-28-19-16-20-29-48)62-46-54(45-61(74)63(62)73)75-59-35-33-50(66(4,5)6)41-55(59)71(47-26-17-15-18-27-47)38-23-21-36-69(71,75)13/h15-20,25-35,40-46H,21-24,36-39H2,1-14H3. The molecule has 76 heavy (non-hydrogen) atoms. The first-order valence-corrected chi connectivity index (χ1v) is 29.2. The molecule has 4 heteroatoms. The lowest BCUT2D eigenvalue weighted by Gasteiger charge is -2.55. The van der Waals surface area contributed by atoms with Crippen molar-refractivity contribution in [3.8, 4) is 0 Å². The van der Waals surface area contributed by atoms with E-state index in [-0.39, 0.29) is 50.3 Å². The Kier molecular flexibility index (Phi) is 10.6. The molecule has 6 aliphatic rings. The number of nitrogens with zero attached hydrogens (tertiary/aromatic N) is 3. The molecular weight excluding hydrogens is 918 g/mol. The van der Waals surface area contributed by atoms with Crippen molar-refractivity contribution in [3.05, 3.63) is 190 Å². The van der Waals surface area contributed by atoms with E-state index >= 15 is 0 Å². The van der Waals surface area contributed by atoms with E-state index in [0.29, 0.717) is 0 Å². The van der Waals surface area contributed by atoms with Gasteiger partial charge in [-0.25, -0.2) is 0 Å². The number of fused-ring (bicyclic) bond motifs is 10. The van der Waals surface area contributed by atoms with Crippen molar-refractivity contribution in [1.29, 1.82) is 0 Å². The molecule has 0 spiro atoms. The first-order chi connectivity index (χ1) is 35.9. The van der Waals surface area contributed by atoms with Crippen molar-refractivity contribution in [2.75, 3.05) is 14.7 Å². The number of hydrogen-bond donors (Lipinski definition) is 0. The Labute approximate surface area is 457 Å². The van der Waals surface area contributed by atoms with E-state index in [1.807, 2.05) is 0 Å². The van der Waals surface area contributed by atoms with E-state index in [1.54, 1.807) is 0 Å². The Morgan fingerprint density at radius 2 is 0.895 bits per heavy atom. The minimum absolute atomic E-state index is 0.00614. The maximum Gasteiger partial charge on any atom is 0.252 e. The van der Waals surface area contributed by atoms with Crippen molar-refractivity contribution in [2.45, 2.75) is 192 Å². The minimum Gasteiger partial charge on any atom is -0.335 e. The third-order valence-corrected chi connectivity index (χ3v) is 20.4. The summed E-state index contributed by atoms with van der Waals surface area (Å²) in [4.78, 5) is 8.62. The highest BCUT2D eigenvalue weighted by atomic mass is 15.3. The van der Waals surface area contributed by atoms with Gasteiger partial charge in [-0.3, -0.25) is 0 Å². The Hall–Kier alpha value is -6.00. The second kappa shape index (κ2) is 16.3. The fraction of sp³-hybridized carbons (Fsp3) is 0.417. The summed E-state index contributed by atoms with van der Waals surface area (Å²) in [5.74, 6) is 0. The Morgan fingerprint density at radius 1 is 0.382 bits per heavy atom. The Morgan fingerprint density at radius 3 is 1.50 bits per heavy atom. The van der Waals surface area contributed by atoms with Gasteiger partial charge in [0.05, 0.1) is 11.1 Å². The average Bonchev–Trinajstić information content (AvgIpc) is 4.00. The molecular formula is C72H82BN3. The minimum atomic E-state index is -0.248. The third kappa shape index (κ3) is 6.67. The highest BCUT2D eigenvalue weighted by molar-refractivity contribution is 7.00. The van der Waals surface area contributed by atoms with Gasteiger partial charge in [0.15, 0.2) is 0 Å². The number of anilines is 7. The number of rotatable bonds is 4. The molecule has 2 saturated carbocycles. The largest absolute Gasteiger partial charge is 0.335 e. The number of benzene rings is 7. The molecule has 0 amide bonds. The summed E-state index contributed by atoms with van der Waals surface area (Å²) < 4.78 is 0. The Balaban J connectivity index is 1.20. The zero-order valence-electron chi connectivity index (χ0n) is 48.4. The lowest BCUT2D eigenvalue weighted by Crippen LogP contribution is -2.65. The van der Waals surface area contributed by atoms with Gasteiger partial charge in [-0.05, 0) is 158 Å². The molecule has 4 atom stereocenters. The monoisotopic (exact) mass is 1000 g/mol. The van der Waals surface area contributed by atoms with Crippen LogP contribution in [0, 0.1) is 0 Å². The van der Waals surface area contributed by atoms with Crippen molar-refractivity contribution >= 4 is 62.9 Å². The second-order valence-electron chi connectivity index (χ2n) is 28.9. The highest BCUT2D eigenvalue weighted by Gasteiger charge is 2.66. The third-order valence-electron chi connectivity index (χ3n) is 20.4. The molecule has 4 unspecified atom stereocenters. The summed E-state index contributed by atoms with van der Waals surface area (Å²) in [6.45, 7) is 34.1. The van der Waals surface area contributed by atoms with Gasteiger partial charge < -0.3 is 14.7 Å². The van der Waals surface area contributed by atoms with E-state index in [0.717, 1.165) is 25.7 Å². The van der Waals surface area contributed by atoms with Crippen molar-refractivity contribution in [1.82, 2.24) is 0 Å². The fourth-order valence-corrected chi connectivity index (χ4v) is 16.4. The molecule has 4 heterocycles. The molecule has 0 N–H and O–H groups in total. The molecule has 2 aliphatic carbocycles. The van der Waals surface area contributed by atoms with E-state index < -0.39 is 0 Å². The lowest BCUT2D eigenvalue weighted by molar-refractivity contribution is 0.214. The van der Waals surface area contributed by atoms with Crippen LogP contribution in [-0.2, 0) is 32.5 Å². The van der Waals surface area contributed by atoms with Gasteiger partial charge >= 0.3 is 0 Å². The van der Waals surface area contributed by atoms with Crippen molar-refractivity contribution in [3.63, 3.8) is 0 Å². The summed E-state index contributed by atoms with van der Waals surface area (Å²) in [6.07, 6.45) is 9.30. The zero-order chi connectivity index (χ0) is 53.3. The van der Waals surface area contributed by atoms with Crippen LogP contribution >= 0.6 is 0 Å². The smallest absolute Gasteiger partial charge is 0.252 e. The van der Waals surface area contributed by atoms with Gasteiger partial charge in [-0.2, -0.15) is 0 Å². The van der Waals surface area contributed by atoms with E-state index in [9.17, 15) is 0 Å². The SMILES string of the molecule is CC(C)(C)c1cccc(N2c3cc(C(C)(C)C)ccc3B3c4cc(C(C)(C)C)cc5c4N(c4cc(N6c7ccc(C(C)(C)C)cc7C7(c8ccccc8)CCCCC67C)cc2c43)C2(C)CCCCC52c2ccccc2)c1. The first-order valence-electron chi connectivity index (χ1n) is 29.2. The van der Waals surface area contributed by atoms with Crippen LogP contribution in [0.3, 0.4) is 0 Å². The maximum atomic E-state index is 2.99. The van der Waals surface area contributed by atoms with Gasteiger partial charge in [0, 0.05) is 50.6 Å². The highest BCUT2D eigenvalue weighted by Crippen LogP contribution is 2.68. The normalized spacial score (nSPS) is 24.4. The fourth-order valence-electron chi connectivity index (χ4n) is 16.4. The van der Waals surface area contributed by atoms with Gasteiger partial charge in [-0.1, -0.05) is 218 Å². The average molecular weight is 1000 g/mol. The van der Waals surface area contributed by atoms with E-state index in [2.05, 4.69) is 257 Å².